The number of hydrogen-bond donors (Lipinski definition) is 2. The predicted molar refractivity (Wildman–Crippen MR) is 105 cm³/mol. The van der Waals surface area contributed by atoms with Gasteiger partial charge in [-0.25, -0.2) is 0 Å². The van der Waals surface area contributed by atoms with Gasteiger partial charge in [0.15, 0.2) is 0 Å². The predicted octanol–water partition coefficient (Wildman–Crippen LogP) is 6.37. The molecule has 3 aromatic rings. The summed E-state index contributed by atoms with van der Waals surface area (Å²) < 4.78 is 0. The Hall–Kier alpha value is -1.74. The zero-order valence-corrected chi connectivity index (χ0v) is 16.0. The summed E-state index contributed by atoms with van der Waals surface area (Å²) in [4.78, 5) is 3.09. The van der Waals surface area contributed by atoms with E-state index in [0.717, 1.165) is 16.7 Å². The Labute approximate surface area is 158 Å². The molecule has 0 aliphatic carbocycles. The first kappa shape index (κ1) is 18.1. The number of rotatable bonds is 3. The normalized spacial score (nSPS) is 13.0. The maximum atomic E-state index is 10.8. The molecule has 25 heavy (non-hydrogen) atoms. The first-order valence-corrected chi connectivity index (χ1v) is 8.93. The van der Waals surface area contributed by atoms with E-state index < -0.39 is 6.10 Å². The molecule has 0 fully saturated rings. The number of aliphatic hydroxyl groups excluding tert-OH is 1. The lowest BCUT2D eigenvalue weighted by Crippen LogP contribution is -2.10. The van der Waals surface area contributed by atoms with Crippen LogP contribution >= 0.6 is 23.2 Å². The fraction of sp³-hybridized carbons (Fsp3) is 0.238. The Morgan fingerprint density at radius 1 is 0.920 bits per heavy atom. The third-order valence-electron chi connectivity index (χ3n) is 4.39. The number of nitrogens with one attached hydrogen (secondary N) is 1. The standard InChI is InChI=1S/C21H21Cl2NO/c1-21(2,3)14-6-4-13(5-7-14)17-11-24-12-18(17)20(25)16-9-8-15(22)10-19(16)23/h4-12,20,24-25H,1-3H3. The van der Waals surface area contributed by atoms with E-state index in [1.807, 2.05) is 12.4 Å². The van der Waals surface area contributed by atoms with E-state index in [9.17, 15) is 5.11 Å². The summed E-state index contributed by atoms with van der Waals surface area (Å²) in [6.07, 6.45) is 2.88. The highest BCUT2D eigenvalue weighted by Crippen LogP contribution is 2.36. The van der Waals surface area contributed by atoms with Gasteiger partial charge >= 0.3 is 0 Å². The minimum Gasteiger partial charge on any atom is -0.384 e. The Balaban J connectivity index is 1.97. The first-order chi connectivity index (χ1) is 11.8. The van der Waals surface area contributed by atoms with E-state index in [0.29, 0.717) is 15.6 Å². The number of H-pyrrole nitrogens is 1. The Bertz CT molecular complexity index is 876. The van der Waals surface area contributed by atoms with Crippen molar-refractivity contribution in [2.24, 2.45) is 0 Å². The topological polar surface area (TPSA) is 36.0 Å². The molecule has 2 N–H and O–H groups in total. The van der Waals surface area contributed by atoms with E-state index in [-0.39, 0.29) is 5.41 Å². The minimum atomic E-state index is -0.826. The van der Waals surface area contributed by atoms with Crippen LogP contribution in [0.3, 0.4) is 0 Å². The van der Waals surface area contributed by atoms with Crippen molar-refractivity contribution in [2.45, 2.75) is 32.3 Å². The van der Waals surface area contributed by atoms with Crippen molar-refractivity contribution >= 4 is 23.2 Å². The van der Waals surface area contributed by atoms with Gasteiger partial charge in [-0.3, -0.25) is 0 Å². The second-order valence-corrected chi connectivity index (χ2v) is 8.06. The Morgan fingerprint density at radius 2 is 1.60 bits per heavy atom. The maximum Gasteiger partial charge on any atom is 0.108 e. The summed E-state index contributed by atoms with van der Waals surface area (Å²) >= 11 is 12.2. The van der Waals surface area contributed by atoms with Crippen molar-refractivity contribution in [1.82, 2.24) is 4.98 Å². The molecule has 0 saturated heterocycles. The molecule has 0 radical (unpaired) electrons. The van der Waals surface area contributed by atoms with Crippen LogP contribution in [0.25, 0.3) is 11.1 Å². The number of benzene rings is 2. The Kier molecular flexibility index (Phi) is 4.97. The van der Waals surface area contributed by atoms with Crippen LogP contribution in [0.2, 0.25) is 10.0 Å². The van der Waals surface area contributed by atoms with Gasteiger partial charge in [0, 0.05) is 39.1 Å². The van der Waals surface area contributed by atoms with Crippen LogP contribution in [-0.4, -0.2) is 10.1 Å². The van der Waals surface area contributed by atoms with Crippen LogP contribution in [0.4, 0.5) is 0 Å². The van der Waals surface area contributed by atoms with Gasteiger partial charge < -0.3 is 10.1 Å². The maximum absolute atomic E-state index is 10.8. The third kappa shape index (κ3) is 3.77. The van der Waals surface area contributed by atoms with Gasteiger partial charge in [-0.2, -0.15) is 0 Å². The van der Waals surface area contributed by atoms with Gasteiger partial charge in [-0.1, -0.05) is 74.3 Å². The number of halogens is 2. The van der Waals surface area contributed by atoms with Crippen molar-refractivity contribution in [3.05, 3.63) is 81.6 Å². The molecule has 1 atom stereocenters. The van der Waals surface area contributed by atoms with Crippen molar-refractivity contribution in [1.29, 1.82) is 0 Å². The molecule has 1 heterocycles. The molecule has 130 valence electrons. The van der Waals surface area contributed by atoms with Gasteiger partial charge in [0.05, 0.1) is 0 Å². The molecular weight excluding hydrogens is 353 g/mol. The molecule has 0 aliphatic rings. The van der Waals surface area contributed by atoms with Crippen LogP contribution in [0, 0.1) is 0 Å². The third-order valence-corrected chi connectivity index (χ3v) is 4.95. The molecule has 1 aromatic heterocycles. The molecule has 2 nitrogen and oxygen atoms in total. The highest BCUT2D eigenvalue weighted by Gasteiger charge is 2.20. The minimum absolute atomic E-state index is 0.107. The Morgan fingerprint density at radius 3 is 2.20 bits per heavy atom. The van der Waals surface area contributed by atoms with Crippen LogP contribution in [0.5, 0.6) is 0 Å². The van der Waals surface area contributed by atoms with Crippen LogP contribution in [0.15, 0.2) is 54.9 Å². The van der Waals surface area contributed by atoms with Crippen LogP contribution < -0.4 is 0 Å². The van der Waals surface area contributed by atoms with Crippen molar-refractivity contribution in [3.8, 4) is 11.1 Å². The van der Waals surface area contributed by atoms with Gasteiger partial charge in [0.2, 0.25) is 0 Å². The SMILES string of the molecule is CC(C)(C)c1ccc(-c2c[nH]cc2C(O)c2ccc(Cl)cc2Cl)cc1. The molecule has 0 bridgehead atoms. The van der Waals surface area contributed by atoms with Crippen molar-refractivity contribution < 1.29 is 5.11 Å². The summed E-state index contributed by atoms with van der Waals surface area (Å²) in [6, 6.07) is 13.6. The summed E-state index contributed by atoms with van der Waals surface area (Å²) in [5, 5.41) is 11.8. The smallest absolute Gasteiger partial charge is 0.108 e. The highest BCUT2D eigenvalue weighted by molar-refractivity contribution is 6.35. The van der Waals surface area contributed by atoms with E-state index in [1.165, 1.54) is 5.56 Å². The second kappa shape index (κ2) is 6.87. The number of hydrogen-bond acceptors (Lipinski definition) is 1. The molecule has 4 heteroatoms. The molecule has 0 saturated carbocycles. The van der Waals surface area contributed by atoms with E-state index in [1.54, 1.807) is 18.2 Å². The van der Waals surface area contributed by atoms with Gasteiger partial charge in [-0.05, 0) is 28.7 Å². The summed E-state index contributed by atoms with van der Waals surface area (Å²) in [7, 11) is 0. The molecule has 0 spiro atoms. The van der Waals surface area contributed by atoms with Crippen molar-refractivity contribution in [2.75, 3.05) is 0 Å². The van der Waals surface area contributed by atoms with E-state index in [2.05, 4.69) is 50.0 Å². The number of aromatic nitrogens is 1. The van der Waals surface area contributed by atoms with E-state index in [4.69, 9.17) is 23.2 Å². The fourth-order valence-corrected chi connectivity index (χ4v) is 3.40. The zero-order valence-electron chi connectivity index (χ0n) is 14.5. The molecule has 3 rings (SSSR count). The molecule has 2 aromatic carbocycles. The number of aromatic amines is 1. The van der Waals surface area contributed by atoms with Crippen LogP contribution in [0.1, 0.15) is 43.6 Å². The first-order valence-electron chi connectivity index (χ1n) is 8.18. The van der Waals surface area contributed by atoms with Crippen molar-refractivity contribution in [3.63, 3.8) is 0 Å². The van der Waals surface area contributed by atoms with E-state index >= 15 is 0 Å². The fourth-order valence-electron chi connectivity index (χ4n) is 2.89. The summed E-state index contributed by atoms with van der Waals surface area (Å²) in [5.74, 6) is 0. The number of aliphatic hydroxyl groups is 1. The van der Waals surface area contributed by atoms with Gasteiger partial charge in [0.25, 0.3) is 0 Å². The zero-order chi connectivity index (χ0) is 18.2. The lowest BCUT2D eigenvalue weighted by molar-refractivity contribution is 0.221. The second-order valence-electron chi connectivity index (χ2n) is 7.22. The monoisotopic (exact) mass is 373 g/mol. The quantitative estimate of drug-likeness (QED) is 0.549. The highest BCUT2D eigenvalue weighted by atomic mass is 35.5. The van der Waals surface area contributed by atoms with Gasteiger partial charge in [0.1, 0.15) is 6.10 Å². The van der Waals surface area contributed by atoms with Crippen LogP contribution in [-0.2, 0) is 5.41 Å². The average Bonchev–Trinajstić information content (AvgIpc) is 3.03. The largest absolute Gasteiger partial charge is 0.384 e. The summed E-state index contributed by atoms with van der Waals surface area (Å²) in [6.45, 7) is 6.57. The average molecular weight is 374 g/mol. The lowest BCUT2D eigenvalue weighted by Gasteiger charge is -2.19. The molecule has 0 amide bonds. The molecule has 1 unspecified atom stereocenters. The molecular formula is C21H21Cl2NO. The summed E-state index contributed by atoms with van der Waals surface area (Å²) in [5.41, 5.74) is 4.81. The lowest BCUT2D eigenvalue weighted by atomic mass is 9.86. The molecule has 0 aliphatic heterocycles. The van der Waals surface area contributed by atoms with Gasteiger partial charge in [-0.15, -0.1) is 0 Å².